The lowest BCUT2D eigenvalue weighted by atomic mass is 10.00. The SMILES string of the molecule is COc1ccc(C)nc1C1(C(=O)NS(=O)(=O)c2cccc3nc(C)ccc23)CC1. The molecule has 0 aliphatic heterocycles. The molecule has 1 N–H and O–H groups in total. The Kier molecular flexibility index (Phi) is 4.53. The lowest BCUT2D eigenvalue weighted by Gasteiger charge is -2.18. The summed E-state index contributed by atoms with van der Waals surface area (Å²) in [5.74, 6) is -0.114. The average molecular weight is 411 g/mol. The van der Waals surface area contributed by atoms with Crippen LogP contribution in [0.5, 0.6) is 5.75 Å². The first-order valence-corrected chi connectivity index (χ1v) is 10.7. The second-order valence-corrected chi connectivity index (χ2v) is 8.95. The van der Waals surface area contributed by atoms with E-state index in [9.17, 15) is 13.2 Å². The molecule has 1 saturated carbocycles. The van der Waals surface area contributed by atoms with Crippen molar-refractivity contribution in [2.45, 2.75) is 37.0 Å². The van der Waals surface area contributed by atoms with Gasteiger partial charge in [0.15, 0.2) is 0 Å². The quantitative estimate of drug-likeness (QED) is 0.693. The van der Waals surface area contributed by atoms with Crippen LogP contribution >= 0.6 is 0 Å². The predicted molar refractivity (Wildman–Crippen MR) is 108 cm³/mol. The number of nitrogens with zero attached hydrogens (tertiary/aromatic N) is 2. The van der Waals surface area contributed by atoms with Crippen molar-refractivity contribution < 1.29 is 17.9 Å². The van der Waals surface area contributed by atoms with Gasteiger partial charge in [0.25, 0.3) is 10.0 Å². The van der Waals surface area contributed by atoms with Gasteiger partial charge in [-0.1, -0.05) is 6.07 Å². The van der Waals surface area contributed by atoms with Crippen LogP contribution < -0.4 is 9.46 Å². The molecule has 1 amide bonds. The monoisotopic (exact) mass is 411 g/mol. The maximum Gasteiger partial charge on any atom is 0.264 e. The molecular formula is C21H21N3O4S. The summed E-state index contributed by atoms with van der Waals surface area (Å²) in [5.41, 5.74) is 1.55. The molecule has 0 unspecified atom stereocenters. The number of hydrogen-bond acceptors (Lipinski definition) is 6. The molecule has 1 aliphatic rings. The van der Waals surface area contributed by atoms with Crippen LogP contribution in [0.1, 0.15) is 29.9 Å². The molecule has 0 bridgehead atoms. The van der Waals surface area contributed by atoms with Crippen LogP contribution in [-0.4, -0.2) is 31.4 Å². The van der Waals surface area contributed by atoms with Crippen LogP contribution in [0.4, 0.5) is 0 Å². The normalized spacial score (nSPS) is 15.1. The number of ether oxygens (including phenoxy) is 1. The standard InChI is InChI=1S/C21H21N3O4S/c1-13-7-9-15-16(22-13)5-4-6-18(15)29(26,27)24-20(25)21(11-12-21)19-17(28-3)10-8-14(2)23-19/h4-10H,11-12H2,1-3H3,(H,24,25). The molecule has 29 heavy (non-hydrogen) atoms. The van der Waals surface area contributed by atoms with Crippen LogP contribution in [0.25, 0.3) is 10.9 Å². The van der Waals surface area contributed by atoms with Gasteiger partial charge in [0.05, 0.1) is 28.6 Å². The molecule has 0 saturated heterocycles. The van der Waals surface area contributed by atoms with E-state index in [1.165, 1.54) is 13.2 Å². The van der Waals surface area contributed by atoms with Crippen molar-refractivity contribution in [3.05, 3.63) is 59.5 Å². The van der Waals surface area contributed by atoms with Crippen LogP contribution in [0.15, 0.2) is 47.4 Å². The molecule has 0 spiro atoms. The highest BCUT2D eigenvalue weighted by atomic mass is 32.2. The summed E-state index contributed by atoms with van der Waals surface area (Å²) in [6, 6.07) is 11.8. The number of amides is 1. The Morgan fingerprint density at radius 2 is 1.72 bits per heavy atom. The zero-order valence-electron chi connectivity index (χ0n) is 16.4. The molecule has 2 aromatic heterocycles. The lowest BCUT2D eigenvalue weighted by Crippen LogP contribution is -2.39. The summed E-state index contributed by atoms with van der Waals surface area (Å²) < 4.78 is 33.7. The fourth-order valence-electron chi connectivity index (χ4n) is 3.49. The number of carbonyl (C=O) groups excluding carboxylic acids is 1. The number of benzene rings is 1. The van der Waals surface area contributed by atoms with Crippen LogP contribution in [0, 0.1) is 13.8 Å². The maximum atomic E-state index is 13.1. The van der Waals surface area contributed by atoms with Crippen molar-refractivity contribution >= 4 is 26.8 Å². The van der Waals surface area contributed by atoms with Crippen molar-refractivity contribution in [1.82, 2.24) is 14.7 Å². The highest BCUT2D eigenvalue weighted by Gasteiger charge is 2.55. The van der Waals surface area contributed by atoms with Gasteiger partial charge in [-0.3, -0.25) is 14.8 Å². The largest absolute Gasteiger partial charge is 0.495 e. The fourth-order valence-corrected chi connectivity index (χ4v) is 4.75. The van der Waals surface area contributed by atoms with Gasteiger partial charge in [0, 0.05) is 16.8 Å². The molecule has 1 aromatic carbocycles. The number of pyridine rings is 2. The van der Waals surface area contributed by atoms with E-state index in [0.29, 0.717) is 35.2 Å². The number of sulfonamides is 1. The summed E-state index contributed by atoms with van der Waals surface area (Å²) >= 11 is 0. The van der Waals surface area contributed by atoms with E-state index in [0.717, 1.165) is 11.4 Å². The van der Waals surface area contributed by atoms with Gasteiger partial charge in [-0.05, 0) is 63.1 Å². The van der Waals surface area contributed by atoms with Gasteiger partial charge in [0.1, 0.15) is 5.75 Å². The van der Waals surface area contributed by atoms with Crippen LogP contribution in [0.2, 0.25) is 0 Å². The topological polar surface area (TPSA) is 98.2 Å². The summed E-state index contributed by atoms with van der Waals surface area (Å²) in [5, 5.41) is 0.467. The molecular weight excluding hydrogens is 390 g/mol. The number of rotatable bonds is 5. The van der Waals surface area contributed by atoms with Gasteiger partial charge >= 0.3 is 0 Å². The van der Waals surface area contributed by atoms with Gasteiger partial charge in [-0.15, -0.1) is 0 Å². The Hall–Kier alpha value is -3.00. The van der Waals surface area contributed by atoms with Gasteiger partial charge < -0.3 is 4.74 Å². The second-order valence-electron chi connectivity index (χ2n) is 7.30. The Morgan fingerprint density at radius 3 is 2.41 bits per heavy atom. The first-order chi connectivity index (χ1) is 13.8. The number of fused-ring (bicyclic) bond motifs is 1. The van der Waals surface area contributed by atoms with Crippen molar-refractivity contribution in [3.8, 4) is 5.75 Å². The number of aryl methyl sites for hydroxylation is 2. The molecule has 150 valence electrons. The third-order valence-electron chi connectivity index (χ3n) is 5.20. The van der Waals surface area contributed by atoms with E-state index in [2.05, 4.69) is 14.7 Å². The van der Waals surface area contributed by atoms with E-state index >= 15 is 0 Å². The number of aromatic nitrogens is 2. The fraction of sp³-hybridized carbons (Fsp3) is 0.286. The molecule has 4 rings (SSSR count). The van der Waals surface area contributed by atoms with Crippen molar-refractivity contribution in [3.63, 3.8) is 0 Å². The first-order valence-electron chi connectivity index (χ1n) is 9.22. The lowest BCUT2D eigenvalue weighted by molar-refractivity contribution is -0.121. The van der Waals surface area contributed by atoms with Gasteiger partial charge in [-0.2, -0.15) is 0 Å². The Bertz CT molecular complexity index is 1230. The van der Waals surface area contributed by atoms with Gasteiger partial charge in [-0.25, -0.2) is 13.1 Å². The van der Waals surface area contributed by atoms with E-state index < -0.39 is 21.3 Å². The highest BCUT2D eigenvalue weighted by Crippen LogP contribution is 2.50. The smallest absolute Gasteiger partial charge is 0.264 e. The predicted octanol–water partition coefficient (Wildman–Crippen LogP) is 2.79. The zero-order chi connectivity index (χ0) is 20.8. The minimum absolute atomic E-state index is 0.0239. The van der Waals surface area contributed by atoms with Crippen LogP contribution in [-0.2, 0) is 20.2 Å². The minimum Gasteiger partial charge on any atom is -0.495 e. The molecule has 0 atom stereocenters. The van der Waals surface area contributed by atoms with Crippen molar-refractivity contribution in [2.24, 2.45) is 0 Å². The van der Waals surface area contributed by atoms with E-state index in [1.807, 2.05) is 13.8 Å². The number of hydrogen-bond donors (Lipinski definition) is 1. The van der Waals surface area contributed by atoms with E-state index in [-0.39, 0.29) is 4.90 Å². The number of carbonyl (C=O) groups is 1. The molecule has 0 radical (unpaired) electrons. The van der Waals surface area contributed by atoms with Crippen molar-refractivity contribution in [2.75, 3.05) is 7.11 Å². The molecule has 1 aliphatic carbocycles. The van der Waals surface area contributed by atoms with Crippen molar-refractivity contribution in [1.29, 1.82) is 0 Å². The summed E-state index contributed by atoms with van der Waals surface area (Å²) in [6.45, 7) is 3.65. The number of methoxy groups -OCH3 is 1. The summed E-state index contributed by atoms with van der Waals surface area (Å²) in [6.07, 6.45) is 1.02. The third kappa shape index (κ3) is 3.33. The number of nitrogens with one attached hydrogen (secondary N) is 1. The van der Waals surface area contributed by atoms with Crippen LogP contribution in [0.3, 0.4) is 0 Å². The summed E-state index contributed by atoms with van der Waals surface area (Å²) in [4.78, 5) is 21.9. The zero-order valence-corrected chi connectivity index (χ0v) is 17.2. The minimum atomic E-state index is -4.09. The Balaban J connectivity index is 1.71. The molecule has 1 fully saturated rings. The maximum absolute atomic E-state index is 13.1. The third-order valence-corrected chi connectivity index (χ3v) is 6.59. The second kappa shape index (κ2) is 6.81. The van der Waals surface area contributed by atoms with Gasteiger partial charge in [0.2, 0.25) is 5.91 Å². The molecule has 8 heteroatoms. The summed E-state index contributed by atoms with van der Waals surface area (Å²) in [7, 11) is -2.58. The highest BCUT2D eigenvalue weighted by molar-refractivity contribution is 7.90. The van der Waals surface area contributed by atoms with E-state index in [4.69, 9.17) is 4.74 Å². The first kappa shape index (κ1) is 19.3. The molecule has 2 heterocycles. The van der Waals surface area contributed by atoms with E-state index in [1.54, 1.807) is 36.4 Å². The average Bonchev–Trinajstić information content (AvgIpc) is 3.49. The Morgan fingerprint density at radius 1 is 1.03 bits per heavy atom. The Labute approximate surface area is 169 Å². The molecule has 7 nitrogen and oxygen atoms in total. The molecule has 3 aromatic rings.